The highest BCUT2D eigenvalue weighted by Gasteiger charge is 2.50. The molecule has 0 radical (unpaired) electrons. The summed E-state index contributed by atoms with van der Waals surface area (Å²) in [5.41, 5.74) is -0.475. The maximum Gasteiger partial charge on any atom is 0.325 e. The second-order valence-corrected chi connectivity index (χ2v) is 8.02. The van der Waals surface area contributed by atoms with Crippen LogP contribution >= 0.6 is 15.9 Å². The van der Waals surface area contributed by atoms with Gasteiger partial charge in [-0.3, -0.25) is 14.5 Å². The van der Waals surface area contributed by atoms with Gasteiger partial charge in [-0.05, 0) is 50.3 Å². The van der Waals surface area contributed by atoms with Crippen molar-refractivity contribution in [3.63, 3.8) is 0 Å². The Bertz CT molecular complexity index is 738. The number of halogens is 1. The first-order chi connectivity index (χ1) is 12.4. The van der Waals surface area contributed by atoms with Crippen molar-refractivity contribution in [1.29, 1.82) is 0 Å². The number of nitrogens with one attached hydrogen (secondary N) is 1. The van der Waals surface area contributed by atoms with Crippen molar-refractivity contribution in [3.8, 4) is 0 Å². The number of benzene rings is 1. The fourth-order valence-corrected chi connectivity index (χ4v) is 4.21. The van der Waals surface area contributed by atoms with Crippen LogP contribution in [0.25, 0.3) is 0 Å². The van der Waals surface area contributed by atoms with Crippen molar-refractivity contribution in [2.24, 2.45) is 0 Å². The number of urea groups is 1. The predicted octanol–water partition coefficient (Wildman–Crippen LogP) is 3.01. The molecule has 4 amide bonds. The largest absolute Gasteiger partial charge is 0.338 e. The van der Waals surface area contributed by atoms with Crippen molar-refractivity contribution in [2.75, 3.05) is 13.1 Å². The summed E-state index contributed by atoms with van der Waals surface area (Å²) in [7, 11) is 0. The fourth-order valence-electron chi connectivity index (χ4n) is 3.82. The van der Waals surface area contributed by atoms with Crippen LogP contribution in [0.4, 0.5) is 4.79 Å². The number of carbonyl (C=O) groups is 3. The van der Waals surface area contributed by atoms with Gasteiger partial charge in [0.05, 0.1) is 0 Å². The Morgan fingerprint density at radius 1 is 1.35 bits per heavy atom. The summed E-state index contributed by atoms with van der Waals surface area (Å²) >= 11 is 3.39. The van der Waals surface area contributed by atoms with Crippen LogP contribution in [0.2, 0.25) is 0 Å². The molecule has 1 aromatic carbocycles. The smallest absolute Gasteiger partial charge is 0.325 e. The van der Waals surface area contributed by atoms with E-state index in [1.165, 1.54) is 0 Å². The minimum Gasteiger partial charge on any atom is -0.338 e. The fraction of sp³-hybridized carbons (Fsp3) is 0.526. The Balaban J connectivity index is 1.78. The molecule has 0 spiro atoms. The van der Waals surface area contributed by atoms with E-state index in [-0.39, 0.29) is 24.4 Å². The third kappa shape index (κ3) is 3.37. The Kier molecular flexibility index (Phi) is 5.37. The van der Waals surface area contributed by atoms with E-state index in [4.69, 9.17) is 0 Å². The van der Waals surface area contributed by atoms with E-state index in [2.05, 4.69) is 28.2 Å². The van der Waals surface area contributed by atoms with Gasteiger partial charge in [0.1, 0.15) is 12.1 Å². The monoisotopic (exact) mass is 421 g/mol. The molecule has 0 aromatic heterocycles. The van der Waals surface area contributed by atoms with Gasteiger partial charge in [-0.1, -0.05) is 35.0 Å². The molecule has 140 valence electrons. The van der Waals surface area contributed by atoms with Crippen molar-refractivity contribution < 1.29 is 14.4 Å². The lowest BCUT2D eigenvalue weighted by atomic mass is 9.92. The van der Waals surface area contributed by atoms with Gasteiger partial charge < -0.3 is 10.2 Å². The molecule has 2 saturated heterocycles. The van der Waals surface area contributed by atoms with E-state index in [1.54, 1.807) is 19.1 Å². The number of likely N-dealkylation sites (tertiary alicyclic amines) is 1. The van der Waals surface area contributed by atoms with Crippen molar-refractivity contribution in [2.45, 2.75) is 51.1 Å². The van der Waals surface area contributed by atoms with Crippen LogP contribution < -0.4 is 5.32 Å². The van der Waals surface area contributed by atoms with Crippen LogP contribution in [0.5, 0.6) is 0 Å². The van der Waals surface area contributed by atoms with E-state index in [0.717, 1.165) is 35.1 Å². The SMILES string of the molecule is CC[C@@H]1CCCCN1C(=O)CN1C(=O)N[C@](C)(c2cccc(Br)c2)C1=O. The number of imide groups is 1. The van der Waals surface area contributed by atoms with Crippen molar-refractivity contribution >= 4 is 33.8 Å². The minimum atomic E-state index is -1.16. The number of piperidine rings is 1. The molecule has 6 nitrogen and oxygen atoms in total. The quantitative estimate of drug-likeness (QED) is 0.759. The average molecular weight is 422 g/mol. The topological polar surface area (TPSA) is 69.7 Å². The Morgan fingerprint density at radius 3 is 2.81 bits per heavy atom. The third-order valence-corrected chi connectivity index (χ3v) is 5.88. The second kappa shape index (κ2) is 7.39. The highest BCUT2D eigenvalue weighted by atomic mass is 79.9. The van der Waals surface area contributed by atoms with Gasteiger partial charge in [0.2, 0.25) is 5.91 Å². The molecule has 0 saturated carbocycles. The standard InChI is InChI=1S/C19H24BrN3O3/c1-3-15-9-4-5-10-22(15)16(24)12-23-17(25)19(2,21-18(23)26)13-7-6-8-14(20)11-13/h6-8,11,15H,3-5,9-10,12H2,1-2H3,(H,21,26)/t15-,19-/m1/s1. The van der Waals surface area contributed by atoms with Gasteiger partial charge in [-0.15, -0.1) is 0 Å². The van der Waals surface area contributed by atoms with Crippen LogP contribution in [0.3, 0.4) is 0 Å². The van der Waals surface area contributed by atoms with Crippen LogP contribution in [-0.4, -0.2) is 46.8 Å². The first-order valence-electron chi connectivity index (χ1n) is 9.06. The lowest BCUT2D eigenvalue weighted by Gasteiger charge is -2.36. The Hall–Kier alpha value is -1.89. The molecule has 2 heterocycles. The number of hydrogen-bond acceptors (Lipinski definition) is 3. The van der Waals surface area contributed by atoms with E-state index in [1.807, 2.05) is 17.0 Å². The Morgan fingerprint density at radius 2 is 2.12 bits per heavy atom. The molecule has 1 N–H and O–H groups in total. The minimum absolute atomic E-state index is 0.154. The van der Waals surface area contributed by atoms with Crippen LogP contribution in [0, 0.1) is 0 Å². The van der Waals surface area contributed by atoms with Crippen LogP contribution in [-0.2, 0) is 15.1 Å². The zero-order valence-electron chi connectivity index (χ0n) is 15.1. The summed E-state index contributed by atoms with van der Waals surface area (Å²) in [5.74, 6) is -0.544. The zero-order valence-corrected chi connectivity index (χ0v) is 16.7. The lowest BCUT2D eigenvalue weighted by Crippen LogP contribution is -2.49. The molecule has 0 bridgehead atoms. The molecular weight excluding hydrogens is 398 g/mol. The van der Waals surface area contributed by atoms with Crippen molar-refractivity contribution in [3.05, 3.63) is 34.3 Å². The summed E-state index contributed by atoms with van der Waals surface area (Å²) in [6.45, 7) is 4.23. The molecule has 0 unspecified atom stereocenters. The lowest BCUT2D eigenvalue weighted by molar-refractivity contribution is -0.141. The average Bonchev–Trinajstić information content (AvgIpc) is 2.85. The van der Waals surface area contributed by atoms with Gasteiger partial charge in [0, 0.05) is 17.1 Å². The summed E-state index contributed by atoms with van der Waals surface area (Å²) in [4.78, 5) is 41.1. The van der Waals surface area contributed by atoms with Gasteiger partial charge in [-0.2, -0.15) is 0 Å². The summed E-state index contributed by atoms with van der Waals surface area (Å²) in [5, 5.41) is 2.75. The molecule has 2 aliphatic rings. The predicted molar refractivity (Wildman–Crippen MR) is 101 cm³/mol. The molecule has 2 fully saturated rings. The number of rotatable bonds is 4. The molecule has 1 aromatic rings. The number of hydrogen-bond donors (Lipinski definition) is 1. The first-order valence-corrected chi connectivity index (χ1v) is 9.85. The summed E-state index contributed by atoms with van der Waals surface area (Å²) in [6.07, 6.45) is 3.96. The van der Waals surface area contributed by atoms with Crippen LogP contribution in [0.15, 0.2) is 28.7 Å². The molecule has 3 rings (SSSR count). The molecule has 0 aliphatic carbocycles. The van der Waals surface area contributed by atoms with E-state index in [9.17, 15) is 14.4 Å². The molecule has 7 heteroatoms. The van der Waals surface area contributed by atoms with Gasteiger partial charge >= 0.3 is 6.03 Å². The van der Waals surface area contributed by atoms with Gasteiger partial charge in [0.25, 0.3) is 5.91 Å². The van der Waals surface area contributed by atoms with Crippen LogP contribution in [0.1, 0.15) is 45.1 Å². The van der Waals surface area contributed by atoms with E-state index >= 15 is 0 Å². The first kappa shape index (κ1) is 18.9. The maximum atomic E-state index is 13.0. The number of carbonyl (C=O) groups excluding carboxylic acids is 3. The van der Waals surface area contributed by atoms with E-state index < -0.39 is 11.6 Å². The van der Waals surface area contributed by atoms with E-state index in [0.29, 0.717) is 12.1 Å². The molecular formula is C19H24BrN3O3. The highest BCUT2D eigenvalue weighted by Crippen LogP contribution is 2.30. The highest BCUT2D eigenvalue weighted by molar-refractivity contribution is 9.10. The summed E-state index contributed by atoms with van der Waals surface area (Å²) < 4.78 is 0.826. The zero-order chi connectivity index (χ0) is 18.9. The second-order valence-electron chi connectivity index (χ2n) is 7.10. The molecule has 26 heavy (non-hydrogen) atoms. The number of nitrogens with zero attached hydrogens (tertiary/aromatic N) is 2. The van der Waals surface area contributed by atoms with Gasteiger partial charge in [-0.25, -0.2) is 4.79 Å². The normalized spacial score (nSPS) is 26.2. The van der Waals surface area contributed by atoms with Gasteiger partial charge in [0.15, 0.2) is 0 Å². The maximum absolute atomic E-state index is 13.0. The summed E-state index contributed by atoms with van der Waals surface area (Å²) in [6, 6.07) is 6.96. The molecule has 2 atom stereocenters. The Labute approximate surface area is 162 Å². The third-order valence-electron chi connectivity index (χ3n) is 5.39. The molecule has 2 aliphatic heterocycles. The number of amides is 4. The van der Waals surface area contributed by atoms with Crippen molar-refractivity contribution in [1.82, 2.24) is 15.1 Å².